The van der Waals surface area contributed by atoms with E-state index in [2.05, 4.69) is 4.18 Å². The molecule has 0 bridgehead atoms. The molecule has 0 unspecified atom stereocenters. The highest BCUT2D eigenvalue weighted by molar-refractivity contribution is 7.85. The lowest BCUT2D eigenvalue weighted by Gasteiger charge is -2.05. The first-order chi connectivity index (χ1) is 6.92. The normalized spacial score (nSPS) is 11.4. The van der Waals surface area contributed by atoms with Crippen LogP contribution in [0.1, 0.15) is 5.56 Å². The zero-order valence-corrected chi connectivity index (χ0v) is 9.93. The Labute approximate surface area is 93.9 Å². The molecule has 0 aliphatic rings. The van der Waals surface area contributed by atoms with Gasteiger partial charge in [0.25, 0.3) is 10.1 Å². The van der Waals surface area contributed by atoms with Gasteiger partial charge in [-0.2, -0.15) is 8.42 Å². The SMILES string of the molecule is COc1ccc(COS(C)(=O)=O)cc1Cl. The summed E-state index contributed by atoms with van der Waals surface area (Å²) in [5.41, 5.74) is 0.672. The molecular formula is C9H11ClO4S. The molecule has 0 aromatic heterocycles. The lowest BCUT2D eigenvalue weighted by Crippen LogP contribution is -2.02. The van der Waals surface area contributed by atoms with Crippen LogP contribution in [0.3, 0.4) is 0 Å². The van der Waals surface area contributed by atoms with Gasteiger partial charge in [-0.1, -0.05) is 17.7 Å². The van der Waals surface area contributed by atoms with Crippen molar-refractivity contribution in [3.8, 4) is 5.75 Å². The van der Waals surface area contributed by atoms with Crippen LogP contribution < -0.4 is 4.74 Å². The van der Waals surface area contributed by atoms with Crippen LogP contribution in [0, 0.1) is 0 Å². The highest BCUT2D eigenvalue weighted by Crippen LogP contribution is 2.25. The topological polar surface area (TPSA) is 52.6 Å². The Kier molecular flexibility index (Phi) is 3.96. The van der Waals surface area contributed by atoms with Crippen molar-refractivity contribution in [3.05, 3.63) is 28.8 Å². The summed E-state index contributed by atoms with van der Waals surface area (Å²) in [4.78, 5) is 0. The molecular weight excluding hydrogens is 240 g/mol. The van der Waals surface area contributed by atoms with Crippen molar-refractivity contribution in [1.29, 1.82) is 0 Å². The molecule has 0 heterocycles. The van der Waals surface area contributed by atoms with Crippen molar-refractivity contribution >= 4 is 21.7 Å². The van der Waals surface area contributed by atoms with Gasteiger partial charge in [-0.05, 0) is 17.7 Å². The molecule has 0 aliphatic carbocycles. The van der Waals surface area contributed by atoms with E-state index in [1.807, 2.05) is 0 Å². The number of halogens is 1. The smallest absolute Gasteiger partial charge is 0.264 e. The number of benzene rings is 1. The summed E-state index contributed by atoms with van der Waals surface area (Å²) in [5.74, 6) is 0.541. The van der Waals surface area contributed by atoms with Crippen LogP contribution in [-0.4, -0.2) is 21.8 Å². The number of rotatable bonds is 4. The summed E-state index contributed by atoms with van der Waals surface area (Å²) >= 11 is 5.85. The highest BCUT2D eigenvalue weighted by Gasteiger charge is 2.05. The number of methoxy groups -OCH3 is 1. The maximum absolute atomic E-state index is 10.7. The summed E-state index contributed by atoms with van der Waals surface area (Å²) in [7, 11) is -1.92. The summed E-state index contributed by atoms with van der Waals surface area (Å²) in [5, 5.41) is 0.423. The zero-order chi connectivity index (χ0) is 11.5. The Morgan fingerprint density at radius 2 is 2.07 bits per heavy atom. The minimum absolute atomic E-state index is 0.0253. The third-order valence-electron chi connectivity index (χ3n) is 1.66. The number of hydrogen-bond donors (Lipinski definition) is 0. The second-order valence-electron chi connectivity index (χ2n) is 2.94. The van der Waals surface area contributed by atoms with Crippen LogP contribution in [0.4, 0.5) is 0 Å². The predicted molar refractivity (Wildman–Crippen MR) is 57.6 cm³/mol. The fourth-order valence-electron chi connectivity index (χ4n) is 0.975. The molecule has 1 aromatic carbocycles. The molecule has 0 N–H and O–H groups in total. The monoisotopic (exact) mass is 250 g/mol. The molecule has 0 saturated heterocycles. The second-order valence-corrected chi connectivity index (χ2v) is 4.99. The summed E-state index contributed by atoms with van der Waals surface area (Å²) in [6.45, 7) is -0.0253. The Balaban J connectivity index is 2.76. The fraction of sp³-hybridized carbons (Fsp3) is 0.333. The molecule has 0 atom stereocenters. The molecule has 1 aromatic rings. The van der Waals surface area contributed by atoms with Crippen LogP contribution in [0.5, 0.6) is 5.75 Å². The predicted octanol–water partition coefficient (Wildman–Crippen LogP) is 1.82. The van der Waals surface area contributed by atoms with E-state index in [4.69, 9.17) is 16.3 Å². The van der Waals surface area contributed by atoms with E-state index < -0.39 is 10.1 Å². The van der Waals surface area contributed by atoms with E-state index >= 15 is 0 Å². The Hall–Kier alpha value is -0.780. The van der Waals surface area contributed by atoms with Gasteiger partial charge in [0.1, 0.15) is 5.75 Å². The van der Waals surface area contributed by atoms with E-state index in [-0.39, 0.29) is 6.61 Å². The van der Waals surface area contributed by atoms with E-state index in [0.717, 1.165) is 6.26 Å². The molecule has 0 amide bonds. The van der Waals surface area contributed by atoms with E-state index in [1.165, 1.54) is 7.11 Å². The van der Waals surface area contributed by atoms with Crippen molar-refractivity contribution in [2.45, 2.75) is 6.61 Å². The Bertz CT molecular complexity index is 441. The summed E-state index contributed by atoms with van der Waals surface area (Å²) < 4.78 is 31.0. The fourth-order valence-corrected chi connectivity index (χ4v) is 1.61. The Morgan fingerprint density at radius 3 is 2.53 bits per heavy atom. The summed E-state index contributed by atoms with van der Waals surface area (Å²) in [6.07, 6.45) is 0.998. The largest absolute Gasteiger partial charge is 0.495 e. The third kappa shape index (κ3) is 4.07. The molecule has 0 aliphatic heterocycles. The van der Waals surface area contributed by atoms with Crippen LogP contribution in [-0.2, 0) is 20.9 Å². The van der Waals surface area contributed by atoms with Gasteiger partial charge < -0.3 is 4.74 Å². The zero-order valence-electron chi connectivity index (χ0n) is 8.36. The number of ether oxygens (including phenoxy) is 1. The molecule has 84 valence electrons. The van der Waals surface area contributed by atoms with Crippen molar-refractivity contribution in [2.75, 3.05) is 13.4 Å². The van der Waals surface area contributed by atoms with E-state index in [0.29, 0.717) is 16.3 Å². The highest BCUT2D eigenvalue weighted by atomic mass is 35.5. The van der Waals surface area contributed by atoms with Crippen LogP contribution in [0.2, 0.25) is 5.02 Å². The minimum atomic E-state index is -3.43. The summed E-state index contributed by atoms with van der Waals surface area (Å²) in [6, 6.07) is 4.95. The van der Waals surface area contributed by atoms with Gasteiger partial charge in [-0.15, -0.1) is 0 Å². The minimum Gasteiger partial charge on any atom is -0.495 e. The molecule has 0 spiro atoms. The average Bonchev–Trinajstić information content (AvgIpc) is 2.14. The molecule has 6 heteroatoms. The number of hydrogen-bond acceptors (Lipinski definition) is 4. The van der Waals surface area contributed by atoms with Crippen molar-refractivity contribution < 1.29 is 17.3 Å². The maximum atomic E-state index is 10.7. The van der Waals surface area contributed by atoms with Crippen LogP contribution in [0.15, 0.2) is 18.2 Å². The van der Waals surface area contributed by atoms with Crippen molar-refractivity contribution in [3.63, 3.8) is 0 Å². The van der Waals surface area contributed by atoms with Gasteiger partial charge in [-0.3, -0.25) is 4.18 Å². The van der Waals surface area contributed by atoms with Gasteiger partial charge in [0.2, 0.25) is 0 Å². The van der Waals surface area contributed by atoms with Crippen LogP contribution in [0.25, 0.3) is 0 Å². The molecule has 0 radical (unpaired) electrons. The van der Waals surface area contributed by atoms with Crippen LogP contribution >= 0.6 is 11.6 Å². The molecule has 0 fully saturated rings. The van der Waals surface area contributed by atoms with Gasteiger partial charge in [0.15, 0.2) is 0 Å². The first-order valence-electron chi connectivity index (χ1n) is 4.09. The van der Waals surface area contributed by atoms with Gasteiger partial charge in [0, 0.05) is 0 Å². The standard InChI is InChI=1S/C9H11ClO4S/c1-13-9-4-3-7(5-8(9)10)6-14-15(2,11)12/h3-5H,6H2,1-2H3. The lowest BCUT2D eigenvalue weighted by atomic mass is 10.2. The first-order valence-corrected chi connectivity index (χ1v) is 6.28. The van der Waals surface area contributed by atoms with Gasteiger partial charge in [0.05, 0.1) is 25.0 Å². The van der Waals surface area contributed by atoms with E-state index in [1.54, 1.807) is 18.2 Å². The van der Waals surface area contributed by atoms with E-state index in [9.17, 15) is 8.42 Å². The molecule has 0 saturated carbocycles. The molecule has 15 heavy (non-hydrogen) atoms. The third-order valence-corrected chi connectivity index (χ3v) is 2.50. The average molecular weight is 251 g/mol. The maximum Gasteiger partial charge on any atom is 0.264 e. The second kappa shape index (κ2) is 4.83. The van der Waals surface area contributed by atoms with Gasteiger partial charge >= 0.3 is 0 Å². The van der Waals surface area contributed by atoms with Crippen molar-refractivity contribution in [1.82, 2.24) is 0 Å². The quantitative estimate of drug-likeness (QED) is 0.765. The first kappa shape index (κ1) is 12.3. The molecule has 4 nitrogen and oxygen atoms in total. The van der Waals surface area contributed by atoms with Crippen molar-refractivity contribution in [2.24, 2.45) is 0 Å². The Morgan fingerprint density at radius 1 is 1.40 bits per heavy atom. The van der Waals surface area contributed by atoms with Gasteiger partial charge in [-0.25, -0.2) is 0 Å². The lowest BCUT2D eigenvalue weighted by molar-refractivity contribution is 0.311. The molecule has 1 rings (SSSR count).